The number of nitrogens with zero attached hydrogens (tertiary/aromatic N) is 2. The third kappa shape index (κ3) is 2.57. The number of nitriles is 1. The minimum atomic E-state index is -0.219. The first kappa shape index (κ1) is 12.3. The predicted octanol–water partition coefficient (Wildman–Crippen LogP) is 2.39. The summed E-state index contributed by atoms with van der Waals surface area (Å²) in [7, 11) is 0. The third-order valence-electron chi connectivity index (χ3n) is 2.47. The Hall–Kier alpha value is -2.13. The summed E-state index contributed by atoms with van der Waals surface area (Å²) in [6.45, 7) is 0.525. The largest absolute Gasteiger partial charge is 0.382 e. The van der Waals surface area contributed by atoms with Crippen molar-refractivity contribution >= 4 is 22.4 Å². The molecule has 0 aliphatic carbocycles. The fourth-order valence-corrected chi connectivity index (χ4v) is 2.23. The zero-order valence-electron chi connectivity index (χ0n) is 9.48. The first-order valence-electron chi connectivity index (χ1n) is 5.35. The highest BCUT2D eigenvalue weighted by molar-refractivity contribution is 7.10. The Morgan fingerprint density at radius 1 is 1.44 bits per heavy atom. The molecular weight excluding hydrogens is 251 g/mol. The number of nitrogen functional groups attached to an aromatic ring is 1. The molecule has 3 N–H and O–H groups in total. The number of hydrogen-bond acceptors (Lipinski definition) is 5. The van der Waals surface area contributed by atoms with Gasteiger partial charge in [-0.2, -0.15) is 9.64 Å². The monoisotopic (exact) mass is 262 g/mol. The predicted molar refractivity (Wildman–Crippen MR) is 69.8 cm³/mol. The molecular formula is C12H11FN4S. The van der Waals surface area contributed by atoms with Gasteiger partial charge in [0, 0.05) is 6.54 Å². The number of aromatic nitrogens is 1. The van der Waals surface area contributed by atoms with Gasteiger partial charge in [-0.1, -0.05) is 18.2 Å². The van der Waals surface area contributed by atoms with E-state index in [0.29, 0.717) is 29.1 Å². The summed E-state index contributed by atoms with van der Waals surface area (Å²) in [6.07, 6.45) is 0.537. The molecule has 6 heteroatoms. The van der Waals surface area contributed by atoms with Gasteiger partial charge in [-0.05, 0) is 29.6 Å². The summed E-state index contributed by atoms with van der Waals surface area (Å²) in [4.78, 5) is 0. The van der Waals surface area contributed by atoms with Crippen LogP contribution in [0, 0.1) is 17.1 Å². The van der Waals surface area contributed by atoms with E-state index in [0.717, 1.165) is 11.5 Å². The van der Waals surface area contributed by atoms with E-state index in [9.17, 15) is 4.39 Å². The molecule has 0 saturated heterocycles. The van der Waals surface area contributed by atoms with E-state index in [4.69, 9.17) is 11.0 Å². The lowest BCUT2D eigenvalue weighted by molar-refractivity contribution is 0.610. The fraction of sp³-hybridized carbons (Fsp3) is 0.167. The Bertz CT molecular complexity index is 588. The number of nitrogens with two attached hydrogens (primary N) is 1. The van der Waals surface area contributed by atoms with Crippen LogP contribution < -0.4 is 11.1 Å². The zero-order valence-corrected chi connectivity index (χ0v) is 10.3. The molecule has 2 rings (SSSR count). The summed E-state index contributed by atoms with van der Waals surface area (Å²) < 4.78 is 17.2. The first-order chi connectivity index (χ1) is 8.72. The van der Waals surface area contributed by atoms with Gasteiger partial charge in [-0.15, -0.1) is 0 Å². The number of nitrogens with one attached hydrogen (secondary N) is 1. The van der Waals surface area contributed by atoms with Crippen LogP contribution in [0.2, 0.25) is 0 Å². The van der Waals surface area contributed by atoms with E-state index in [2.05, 4.69) is 9.69 Å². The molecule has 0 aliphatic heterocycles. The van der Waals surface area contributed by atoms with Crippen molar-refractivity contribution in [2.75, 3.05) is 17.6 Å². The summed E-state index contributed by atoms with van der Waals surface area (Å²) >= 11 is 1.14. The van der Waals surface area contributed by atoms with Crippen molar-refractivity contribution < 1.29 is 4.39 Å². The Balaban J connectivity index is 1.97. The number of anilines is 2. The van der Waals surface area contributed by atoms with Gasteiger partial charge in [0.05, 0.1) is 0 Å². The van der Waals surface area contributed by atoms with E-state index in [1.807, 2.05) is 6.07 Å². The van der Waals surface area contributed by atoms with Crippen LogP contribution in [0.15, 0.2) is 24.3 Å². The average Bonchev–Trinajstić information content (AvgIpc) is 2.72. The highest BCUT2D eigenvalue weighted by Gasteiger charge is 2.10. The summed E-state index contributed by atoms with van der Waals surface area (Å²) in [5, 5.41) is 12.6. The van der Waals surface area contributed by atoms with E-state index in [1.165, 1.54) is 6.07 Å². The summed E-state index contributed by atoms with van der Waals surface area (Å²) in [5.41, 5.74) is 6.53. The molecule has 0 aliphatic rings. The highest BCUT2D eigenvalue weighted by atomic mass is 32.1. The van der Waals surface area contributed by atoms with Crippen LogP contribution in [0.5, 0.6) is 0 Å². The number of benzene rings is 1. The van der Waals surface area contributed by atoms with Gasteiger partial charge < -0.3 is 11.1 Å². The van der Waals surface area contributed by atoms with Crippen molar-refractivity contribution in [3.8, 4) is 6.07 Å². The van der Waals surface area contributed by atoms with Crippen LogP contribution >= 0.6 is 11.5 Å². The molecule has 18 heavy (non-hydrogen) atoms. The average molecular weight is 262 g/mol. The molecule has 0 radical (unpaired) electrons. The smallest absolute Gasteiger partial charge is 0.157 e. The molecule has 0 unspecified atom stereocenters. The van der Waals surface area contributed by atoms with E-state index < -0.39 is 0 Å². The number of halogens is 1. The van der Waals surface area contributed by atoms with Crippen LogP contribution in [0.25, 0.3) is 0 Å². The number of rotatable bonds is 4. The van der Waals surface area contributed by atoms with E-state index in [-0.39, 0.29) is 11.6 Å². The molecule has 92 valence electrons. The van der Waals surface area contributed by atoms with Crippen molar-refractivity contribution in [1.82, 2.24) is 4.37 Å². The molecule has 0 fully saturated rings. The molecule has 1 aromatic heterocycles. The fourth-order valence-electron chi connectivity index (χ4n) is 1.54. The first-order valence-corrected chi connectivity index (χ1v) is 6.12. The molecule has 0 bridgehead atoms. The second kappa shape index (κ2) is 5.47. The Kier molecular flexibility index (Phi) is 3.75. The van der Waals surface area contributed by atoms with Crippen LogP contribution in [0.1, 0.15) is 11.1 Å². The minimum absolute atomic E-state index is 0.219. The third-order valence-corrected chi connectivity index (χ3v) is 3.29. The Morgan fingerprint density at radius 3 is 2.94 bits per heavy atom. The van der Waals surface area contributed by atoms with Gasteiger partial charge in [-0.3, -0.25) is 0 Å². The van der Waals surface area contributed by atoms with Crippen molar-refractivity contribution in [3.05, 3.63) is 41.2 Å². The normalized spacial score (nSPS) is 10.0. The summed E-state index contributed by atoms with van der Waals surface area (Å²) in [6, 6.07) is 8.61. The molecule has 0 spiro atoms. The lowest BCUT2D eigenvalue weighted by atomic mass is 10.1. The Labute approximate surface area is 108 Å². The molecule has 1 aromatic carbocycles. The van der Waals surface area contributed by atoms with Crippen molar-refractivity contribution in [2.45, 2.75) is 6.42 Å². The van der Waals surface area contributed by atoms with E-state index >= 15 is 0 Å². The molecule has 0 amide bonds. The van der Waals surface area contributed by atoms with Crippen molar-refractivity contribution in [1.29, 1.82) is 5.26 Å². The zero-order chi connectivity index (χ0) is 13.0. The second-order valence-electron chi connectivity index (χ2n) is 3.65. The SMILES string of the molecule is N#Cc1c(N)nsc1NCCc1ccccc1F. The van der Waals surface area contributed by atoms with Gasteiger partial charge in [0.1, 0.15) is 22.5 Å². The lowest BCUT2D eigenvalue weighted by Crippen LogP contribution is -2.06. The van der Waals surface area contributed by atoms with Crippen LogP contribution in [0.3, 0.4) is 0 Å². The van der Waals surface area contributed by atoms with Gasteiger partial charge in [-0.25, -0.2) is 4.39 Å². The van der Waals surface area contributed by atoms with Crippen LogP contribution in [-0.2, 0) is 6.42 Å². The van der Waals surface area contributed by atoms with Crippen molar-refractivity contribution in [2.24, 2.45) is 0 Å². The van der Waals surface area contributed by atoms with E-state index in [1.54, 1.807) is 18.2 Å². The molecule has 2 aromatic rings. The van der Waals surface area contributed by atoms with Crippen LogP contribution in [-0.4, -0.2) is 10.9 Å². The lowest BCUT2D eigenvalue weighted by Gasteiger charge is -2.04. The highest BCUT2D eigenvalue weighted by Crippen LogP contribution is 2.25. The van der Waals surface area contributed by atoms with Crippen molar-refractivity contribution in [3.63, 3.8) is 0 Å². The van der Waals surface area contributed by atoms with Crippen LogP contribution in [0.4, 0.5) is 15.2 Å². The maximum Gasteiger partial charge on any atom is 0.157 e. The maximum absolute atomic E-state index is 13.4. The second-order valence-corrected chi connectivity index (χ2v) is 4.43. The van der Waals surface area contributed by atoms with Gasteiger partial charge in [0.15, 0.2) is 5.82 Å². The summed E-state index contributed by atoms with van der Waals surface area (Å²) in [5.74, 6) is 0.0134. The number of hydrogen-bond donors (Lipinski definition) is 2. The van der Waals surface area contributed by atoms with Gasteiger partial charge in [0.2, 0.25) is 0 Å². The Morgan fingerprint density at radius 2 is 2.22 bits per heavy atom. The molecule has 0 atom stereocenters. The topological polar surface area (TPSA) is 74.7 Å². The molecule has 0 saturated carbocycles. The molecule has 4 nitrogen and oxygen atoms in total. The maximum atomic E-state index is 13.4. The standard InChI is InChI=1S/C12H11FN4S/c13-10-4-2-1-3-8(10)5-6-16-12-9(7-14)11(15)17-18-12/h1-4,16H,5-6H2,(H2,15,17). The molecule has 1 heterocycles. The van der Waals surface area contributed by atoms with Gasteiger partial charge in [0.25, 0.3) is 0 Å². The minimum Gasteiger partial charge on any atom is -0.382 e. The van der Waals surface area contributed by atoms with Gasteiger partial charge >= 0.3 is 0 Å². The quantitative estimate of drug-likeness (QED) is 0.887.